The molecule has 2 aromatic rings. The van der Waals surface area contributed by atoms with Crippen molar-refractivity contribution in [2.75, 3.05) is 18.5 Å². The van der Waals surface area contributed by atoms with Crippen molar-refractivity contribution in [3.63, 3.8) is 0 Å². The number of hydrogen-bond acceptors (Lipinski definition) is 4. The van der Waals surface area contributed by atoms with E-state index in [1.165, 1.54) is 11.1 Å². The van der Waals surface area contributed by atoms with Crippen LogP contribution in [0.3, 0.4) is 0 Å². The number of nitrogens with one attached hydrogen (secondary N) is 1. The average Bonchev–Trinajstić information content (AvgIpc) is 2.97. The number of aromatic nitrogens is 1. The number of halogens is 1. The number of rotatable bonds is 7. The smallest absolute Gasteiger partial charge is 0.141 e. The molecular formula is C16H22FN3S. The van der Waals surface area contributed by atoms with E-state index in [9.17, 15) is 4.39 Å². The molecule has 0 radical (unpaired) electrons. The van der Waals surface area contributed by atoms with Crippen LogP contribution in [0.4, 0.5) is 10.2 Å². The van der Waals surface area contributed by atoms with Gasteiger partial charge in [0.1, 0.15) is 11.6 Å². The molecule has 2 aromatic heterocycles. The molecule has 21 heavy (non-hydrogen) atoms. The second kappa shape index (κ2) is 7.52. The van der Waals surface area contributed by atoms with Gasteiger partial charge in [0, 0.05) is 36.5 Å². The van der Waals surface area contributed by atoms with Crippen LogP contribution in [0.25, 0.3) is 0 Å². The summed E-state index contributed by atoms with van der Waals surface area (Å²) in [6, 6.07) is 6.09. The van der Waals surface area contributed by atoms with E-state index in [1.54, 1.807) is 17.4 Å². The fraction of sp³-hybridized carbons (Fsp3) is 0.438. The van der Waals surface area contributed by atoms with E-state index >= 15 is 0 Å². The molecule has 0 fully saturated rings. The predicted molar refractivity (Wildman–Crippen MR) is 87.5 cm³/mol. The lowest BCUT2D eigenvalue weighted by Crippen LogP contribution is -2.32. The summed E-state index contributed by atoms with van der Waals surface area (Å²) in [5.74, 6) is 0.562. The Kier molecular flexibility index (Phi) is 5.70. The van der Waals surface area contributed by atoms with Crippen molar-refractivity contribution in [1.29, 1.82) is 0 Å². The average molecular weight is 307 g/mol. The van der Waals surface area contributed by atoms with Gasteiger partial charge >= 0.3 is 0 Å². The molecule has 2 heterocycles. The predicted octanol–water partition coefficient (Wildman–Crippen LogP) is 3.46. The molecular weight excluding hydrogens is 285 g/mol. The minimum atomic E-state index is -0.286. The Labute approximate surface area is 129 Å². The first-order chi connectivity index (χ1) is 10.1. The van der Waals surface area contributed by atoms with Gasteiger partial charge in [-0.3, -0.25) is 0 Å². The monoisotopic (exact) mass is 307 g/mol. The number of anilines is 1. The van der Waals surface area contributed by atoms with E-state index in [4.69, 9.17) is 0 Å². The number of thiophene rings is 1. The van der Waals surface area contributed by atoms with E-state index in [2.05, 4.69) is 39.6 Å². The molecule has 3 nitrogen and oxygen atoms in total. The molecule has 0 aliphatic rings. The summed E-state index contributed by atoms with van der Waals surface area (Å²) in [7, 11) is 2.02. The largest absolute Gasteiger partial charge is 0.356 e. The van der Waals surface area contributed by atoms with E-state index < -0.39 is 0 Å². The van der Waals surface area contributed by atoms with Gasteiger partial charge in [-0.25, -0.2) is 9.37 Å². The Bertz CT molecular complexity index is 557. The molecule has 0 bridgehead atoms. The summed E-state index contributed by atoms with van der Waals surface area (Å²) in [5.41, 5.74) is 0.900. The molecule has 1 atom stereocenters. The minimum absolute atomic E-state index is 0.286. The number of nitrogens with zero attached hydrogens (tertiary/aromatic N) is 2. The number of pyridine rings is 1. The Morgan fingerprint density at radius 2 is 2.29 bits per heavy atom. The molecule has 1 N–H and O–H groups in total. The Hall–Kier alpha value is -1.46. The Balaban J connectivity index is 2.15. The highest BCUT2D eigenvalue weighted by Gasteiger charge is 2.16. The summed E-state index contributed by atoms with van der Waals surface area (Å²) >= 11 is 1.76. The normalized spacial score (nSPS) is 12.4. The third-order valence-electron chi connectivity index (χ3n) is 3.55. The maximum Gasteiger partial charge on any atom is 0.141 e. The summed E-state index contributed by atoms with van der Waals surface area (Å²) in [5, 5.41) is 5.33. The lowest BCUT2D eigenvalue weighted by atomic mass is 10.1. The number of likely N-dealkylation sites (N-methyl/N-ethyl adjacent to an activating group) is 1. The molecule has 114 valence electrons. The maximum atomic E-state index is 13.4. The zero-order valence-corrected chi connectivity index (χ0v) is 13.6. The quantitative estimate of drug-likeness (QED) is 0.849. The van der Waals surface area contributed by atoms with Crippen LogP contribution >= 0.6 is 11.3 Å². The van der Waals surface area contributed by atoms with E-state index in [1.807, 2.05) is 14.0 Å². The van der Waals surface area contributed by atoms with Gasteiger partial charge in [-0.15, -0.1) is 11.3 Å². The number of hydrogen-bond donors (Lipinski definition) is 1. The van der Waals surface area contributed by atoms with Crippen LogP contribution < -0.4 is 10.2 Å². The molecule has 0 amide bonds. The van der Waals surface area contributed by atoms with Crippen LogP contribution in [-0.4, -0.2) is 24.6 Å². The lowest BCUT2D eigenvalue weighted by molar-refractivity contribution is 0.608. The van der Waals surface area contributed by atoms with Gasteiger partial charge < -0.3 is 10.2 Å². The highest BCUT2D eigenvalue weighted by atomic mass is 32.1. The molecule has 0 saturated carbocycles. The van der Waals surface area contributed by atoms with E-state index in [0.717, 1.165) is 24.3 Å². The van der Waals surface area contributed by atoms with E-state index in [0.29, 0.717) is 12.6 Å². The van der Waals surface area contributed by atoms with Crippen molar-refractivity contribution in [2.24, 2.45) is 0 Å². The molecule has 0 spiro atoms. The molecule has 0 aromatic carbocycles. The van der Waals surface area contributed by atoms with Crippen LogP contribution in [0.5, 0.6) is 0 Å². The van der Waals surface area contributed by atoms with Gasteiger partial charge in [0.2, 0.25) is 0 Å². The molecule has 1 unspecified atom stereocenters. The lowest BCUT2D eigenvalue weighted by Gasteiger charge is -2.27. The van der Waals surface area contributed by atoms with Gasteiger partial charge in [0.25, 0.3) is 0 Å². The fourth-order valence-corrected chi connectivity index (χ4v) is 3.07. The summed E-state index contributed by atoms with van der Waals surface area (Å²) in [6.07, 6.45) is 2.26. The Morgan fingerprint density at radius 1 is 1.48 bits per heavy atom. The highest BCUT2D eigenvalue weighted by Crippen LogP contribution is 2.22. The van der Waals surface area contributed by atoms with Crippen molar-refractivity contribution in [3.05, 3.63) is 46.0 Å². The first-order valence-electron chi connectivity index (χ1n) is 7.22. The van der Waals surface area contributed by atoms with Crippen LogP contribution in [-0.2, 0) is 13.0 Å². The van der Waals surface area contributed by atoms with Crippen LogP contribution in [0.1, 0.15) is 24.3 Å². The third kappa shape index (κ3) is 4.25. The zero-order valence-electron chi connectivity index (χ0n) is 12.8. The van der Waals surface area contributed by atoms with Crippen molar-refractivity contribution in [1.82, 2.24) is 10.3 Å². The van der Waals surface area contributed by atoms with E-state index in [-0.39, 0.29) is 5.82 Å². The highest BCUT2D eigenvalue weighted by molar-refractivity contribution is 7.09. The summed E-state index contributed by atoms with van der Waals surface area (Å²) in [6.45, 7) is 5.69. The molecule has 5 heteroatoms. The topological polar surface area (TPSA) is 28.2 Å². The first kappa shape index (κ1) is 15.9. The summed E-state index contributed by atoms with van der Waals surface area (Å²) in [4.78, 5) is 7.78. The van der Waals surface area contributed by atoms with Crippen LogP contribution in [0, 0.1) is 5.82 Å². The molecule has 0 aliphatic carbocycles. The fourth-order valence-electron chi connectivity index (χ4n) is 2.25. The van der Waals surface area contributed by atoms with Gasteiger partial charge in [-0.1, -0.05) is 13.0 Å². The Morgan fingerprint density at radius 3 is 2.95 bits per heavy atom. The van der Waals surface area contributed by atoms with Gasteiger partial charge in [-0.05, 0) is 31.0 Å². The second-order valence-electron chi connectivity index (χ2n) is 5.16. The van der Waals surface area contributed by atoms with Crippen molar-refractivity contribution in [2.45, 2.75) is 32.9 Å². The van der Waals surface area contributed by atoms with Gasteiger partial charge in [0.05, 0.1) is 6.20 Å². The molecule has 0 saturated heterocycles. The van der Waals surface area contributed by atoms with Crippen molar-refractivity contribution >= 4 is 17.2 Å². The molecule has 2 rings (SSSR count). The third-order valence-corrected chi connectivity index (χ3v) is 4.45. The standard InChI is InChI=1S/C16H22FN3S/c1-4-18-10-13-9-14(17)11-19-16(13)20(3)12(2)8-15-6-5-7-21-15/h5-7,9,11-12,18H,4,8,10H2,1-3H3. The van der Waals surface area contributed by atoms with Crippen molar-refractivity contribution in [3.8, 4) is 0 Å². The van der Waals surface area contributed by atoms with Crippen LogP contribution in [0.15, 0.2) is 29.8 Å². The summed E-state index contributed by atoms with van der Waals surface area (Å²) < 4.78 is 13.4. The maximum absolute atomic E-state index is 13.4. The first-order valence-corrected chi connectivity index (χ1v) is 8.10. The minimum Gasteiger partial charge on any atom is -0.356 e. The van der Waals surface area contributed by atoms with Gasteiger partial charge in [-0.2, -0.15) is 0 Å². The SMILES string of the molecule is CCNCc1cc(F)cnc1N(C)C(C)Cc1cccs1. The second-order valence-corrected chi connectivity index (χ2v) is 6.19. The van der Waals surface area contributed by atoms with Gasteiger partial charge in [0.15, 0.2) is 0 Å². The molecule has 0 aliphatic heterocycles. The van der Waals surface area contributed by atoms with Crippen LogP contribution in [0.2, 0.25) is 0 Å². The zero-order chi connectivity index (χ0) is 15.2. The van der Waals surface area contributed by atoms with Crippen molar-refractivity contribution < 1.29 is 4.39 Å².